The predicted octanol–water partition coefficient (Wildman–Crippen LogP) is 1.99. The fraction of sp³-hybridized carbons (Fsp3) is 0.923. The van der Waals surface area contributed by atoms with Crippen LogP contribution in [0.3, 0.4) is 0 Å². The summed E-state index contributed by atoms with van der Waals surface area (Å²) in [7, 11) is -3.51. The van der Waals surface area contributed by atoms with E-state index in [0.29, 0.717) is 18.1 Å². The molecule has 0 aromatic rings. The van der Waals surface area contributed by atoms with Crippen LogP contribution in [0.2, 0.25) is 0 Å². The standard InChI is InChI=1S/C13H23NO4S2/c1-13(2,3)6-7-20(17,18)14-10(12(15)16)8-19-11(14)9-4-5-9/h9-11H,4-8H2,1-3H3,(H,15,16). The summed E-state index contributed by atoms with van der Waals surface area (Å²) in [6.07, 6.45) is 2.56. The van der Waals surface area contributed by atoms with Crippen molar-refractivity contribution in [1.82, 2.24) is 4.31 Å². The molecular formula is C13H23NO4S2. The fourth-order valence-corrected chi connectivity index (χ4v) is 6.63. The van der Waals surface area contributed by atoms with Gasteiger partial charge in [-0.25, -0.2) is 8.42 Å². The first kappa shape index (κ1) is 16.1. The molecule has 0 aromatic carbocycles. The highest BCUT2D eigenvalue weighted by molar-refractivity contribution is 8.01. The molecule has 2 atom stereocenters. The molecule has 0 aromatic heterocycles. The maximum Gasteiger partial charge on any atom is 0.322 e. The van der Waals surface area contributed by atoms with Crippen molar-refractivity contribution in [2.45, 2.75) is 51.4 Å². The highest BCUT2D eigenvalue weighted by Crippen LogP contribution is 2.46. The minimum Gasteiger partial charge on any atom is -0.480 e. The molecule has 1 aliphatic carbocycles. The van der Waals surface area contributed by atoms with Crippen molar-refractivity contribution in [3.05, 3.63) is 0 Å². The average molecular weight is 321 g/mol. The van der Waals surface area contributed by atoms with Gasteiger partial charge in [0.15, 0.2) is 0 Å². The number of thioether (sulfide) groups is 1. The number of carboxylic acid groups (broad SMARTS) is 1. The third-order valence-corrected chi connectivity index (χ3v) is 7.16. The number of hydrogen-bond acceptors (Lipinski definition) is 4. The lowest BCUT2D eigenvalue weighted by Crippen LogP contribution is -2.47. The monoisotopic (exact) mass is 321 g/mol. The molecule has 1 N–H and O–H groups in total. The van der Waals surface area contributed by atoms with Crippen LogP contribution in [-0.4, -0.2) is 46.7 Å². The number of aliphatic carboxylic acids is 1. The van der Waals surface area contributed by atoms with Crippen LogP contribution in [0.1, 0.15) is 40.0 Å². The normalized spacial score (nSPS) is 28.8. The molecule has 0 spiro atoms. The number of carboxylic acids is 1. The maximum atomic E-state index is 12.6. The molecule has 0 amide bonds. The Morgan fingerprint density at radius 1 is 1.35 bits per heavy atom. The van der Waals surface area contributed by atoms with Crippen LogP contribution in [0, 0.1) is 11.3 Å². The van der Waals surface area contributed by atoms with E-state index in [4.69, 9.17) is 0 Å². The molecule has 20 heavy (non-hydrogen) atoms. The molecule has 2 fully saturated rings. The largest absolute Gasteiger partial charge is 0.480 e. The van der Waals surface area contributed by atoms with Crippen LogP contribution in [-0.2, 0) is 14.8 Å². The first-order valence-corrected chi connectivity index (χ1v) is 9.63. The van der Waals surface area contributed by atoms with Gasteiger partial charge >= 0.3 is 5.97 Å². The lowest BCUT2D eigenvalue weighted by Gasteiger charge is -2.28. The van der Waals surface area contributed by atoms with Crippen LogP contribution in [0.4, 0.5) is 0 Å². The number of hydrogen-bond donors (Lipinski definition) is 1. The first-order chi connectivity index (χ1) is 9.12. The number of carbonyl (C=O) groups is 1. The maximum absolute atomic E-state index is 12.6. The van der Waals surface area contributed by atoms with E-state index in [2.05, 4.69) is 0 Å². The molecule has 1 saturated heterocycles. The second kappa shape index (κ2) is 5.50. The van der Waals surface area contributed by atoms with Crippen LogP contribution in [0.25, 0.3) is 0 Å². The van der Waals surface area contributed by atoms with Gasteiger partial charge in [-0.15, -0.1) is 11.8 Å². The van der Waals surface area contributed by atoms with E-state index >= 15 is 0 Å². The Hall–Kier alpha value is -0.270. The minimum absolute atomic E-state index is 0.0318. The summed E-state index contributed by atoms with van der Waals surface area (Å²) in [5, 5.41) is 9.11. The Balaban J connectivity index is 2.17. The van der Waals surface area contributed by atoms with Crippen molar-refractivity contribution in [3.8, 4) is 0 Å². The second-order valence-electron chi connectivity index (χ2n) is 6.87. The number of rotatable bonds is 5. The summed E-state index contributed by atoms with van der Waals surface area (Å²) in [4.78, 5) is 11.3. The van der Waals surface area contributed by atoms with E-state index in [1.165, 1.54) is 16.1 Å². The van der Waals surface area contributed by atoms with Crippen LogP contribution in [0.5, 0.6) is 0 Å². The van der Waals surface area contributed by atoms with Gasteiger partial charge in [0.25, 0.3) is 0 Å². The molecular weight excluding hydrogens is 298 g/mol. The minimum atomic E-state index is -3.51. The summed E-state index contributed by atoms with van der Waals surface area (Å²) < 4.78 is 26.5. The molecule has 1 aliphatic heterocycles. The zero-order valence-electron chi connectivity index (χ0n) is 12.2. The third-order valence-electron chi connectivity index (χ3n) is 3.72. The molecule has 5 nitrogen and oxygen atoms in total. The quantitative estimate of drug-likeness (QED) is 0.838. The molecule has 2 aliphatic rings. The average Bonchev–Trinajstić information content (AvgIpc) is 3.03. The Morgan fingerprint density at radius 3 is 2.40 bits per heavy atom. The van der Waals surface area contributed by atoms with E-state index < -0.39 is 22.0 Å². The Labute approximate surface area is 125 Å². The molecule has 0 bridgehead atoms. The SMILES string of the molecule is CC(C)(C)CCS(=O)(=O)N1C(C(=O)O)CSC1C1CC1. The van der Waals surface area contributed by atoms with Crippen molar-refractivity contribution in [3.63, 3.8) is 0 Å². The summed E-state index contributed by atoms with van der Waals surface area (Å²) in [6.45, 7) is 5.98. The third kappa shape index (κ3) is 3.68. The Bertz CT molecular complexity index is 479. The molecule has 1 heterocycles. The zero-order valence-corrected chi connectivity index (χ0v) is 13.8. The highest BCUT2D eigenvalue weighted by Gasteiger charge is 2.50. The van der Waals surface area contributed by atoms with Crippen molar-refractivity contribution in [2.75, 3.05) is 11.5 Å². The van der Waals surface area contributed by atoms with Gasteiger partial charge in [0, 0.05) is 5.75 Å². The van der Waals surface area contributed by atoms with Crippen LogP contribution in [0.15, 0.2) is 0 Å². The van der Waals surface area contributed by atoms with Crippen molar-refractivity contribution < 1.29 is 18.3 Å². The van der Waals surface area contributed by atoms with Crippen molar-refractivity contribution in [2.24, 2.45) is 11.3 Å². The predicted molar refractivity (Wildman–Crippen MR) is 80.1 cm³/mol. The lowest BCUT2D eigenvalue weighted by molar-refractivity contribution is -0.140. The van der Waals surface area contributed by atoms with Gasteiger partial charge in [-0.05, 0) is 30.6 Å². The first-order valence-electron chi connectivity index (χ1n) is 6.97. The second-order valence-corrected chi connectivity index (χ2v) is 10.0. The van der Waals surface area contributed by atoms with Crippen LogP contribution < -0.4 is 0 Å². The van der Waals surface area contributed by atoms with Gasteiger partial charge in [-0.3, -0.25) is 4.79 Å². The Morgan fingerprint density at radius 2 is 1.95 bits per heavy atom. The highest BCUT2D eigenvalue weighted by atomic mass is 32.2. The van der Waals surface area contributed by atoms with Gasteiger partial charge in [0.2, 0.25) is 10.0 Å². The number of nitrogens with zero attached hydrogens (tertiary/aromatic N) is 1. The van der Waals surface area contributed by atoms with Gasteiger partial charge in [-0.2, -0.15) is 4.31 Å². The van der Waals surface area contributed by atoms with E-state index in [0.717, 1.165) is 12.8 Å². The summed E-state index contributed by atoms with van der Waals surface area (Å²) in [5.74, 6) is -0.288. The molecule has 0 radical (unpaired) electrons. The zero-order chi connectivity index (χ0) is 15.1. The molecule has 7 heteroatoms. The lowest BCUT2D eigenvalue weighted by atomic mass is 9.94. The summed E-state index contributed by atoms with van der Waals surface area (Å²) in [6, 6.07) is -0.893. The van der Waals surface area contributed by atoms with Gasteiger partial charge < -0.3 is 5.11 Å². The fourth-order valence-electron chi connectivity index (χ4n) is 2.31. The van der Waals surface area contributed by atoms with E-state index in [9.17, 15) is 18.3 Å². The molecule has 2 rings (SSSR count). The van der Waals surface area contributed by atoms with Crippen molar-refractivity contribution in [1.29, 1.82) is 0 Å². The smallest absolute Gasteiger partial charge is 0.322 e. The van der Waals surface area contributed by atoms with E-state index in [1.54, 1.807) is 0 Å². The van der Waals surface area contributed by atoms with Gasteiger partial charge in [-0.1, -0.05) is 20.8 Å². The topological polar surface area (TPSA) is 74.7 Å². The summed E-state index contributed by atoms with van der Waals surface area (Å²) >= 11 is 1.48. The van der Waals surface area contributed by atoms with Crippen molar-refractivity contribution >= 4 is 27.8 Å². The Kier molecular flexibility index (Phi) is 4.43. The molecule has 116 valence electrons. The van der Waals surface area contributed by atoms with Gasteiger partial charge in [0.05, 0.1) is 11.1 Å². The van der Waals surface area contributed by atoms with E-state index in [-0.39, 0.29) is 16.5 Å². The number of sulfonamides is 1. The molecule has 1 saturated carbocycles. The molecule has 2 unspecified atom stereocenters. The van der Waals surface area contributed by atoms with Crippen LogP contribution >= 0.6 is 11.8 Å². The van der Waals surface area contributed by atoms with Gasteiger partial charge in [0.1, 0.15) is 6.04 Å². The summed E-state index contributed by atoms with van der Waals surface area (Å²) in [5.41, 5.74) is -0.0757. The van der Waals surface area contributed by atoms with E-state index in [1.807, 2.05) is 20.8 Å².